The van der Waals surface area contributed by atoms with Gasteiger partial charge in [0, 0.05) is 19.2 Å². The van der Waals surface area contributed by atoms with Crippen molar-refractivity contribution in [1.82, 2.24) is 4.90 Å². The van der Waals surface area contributed by atoms with E-state index in [1.54, 1.807) is 6.07 Å². The third kappa shape index (κ3) is 3.52. The molecule has 1 saturated heterocycles. The smallest absolute Gasteiger partial charge is 0.290 e. The van der Waals surface area contributed by atoms with E-state index in [0.717, 1.165) is 25.7 Å². The first-order chi connectivity index (χ1) is 13.8. The number of fused-ring (bicyclic) bond motifs is 1. The number of likely N-dealkylation sites (N-methyl/N-ethyl adjacent to an activating group) is 1. The van der Waals surface area contributed by atoms with Gasteiger partial charge in [0.1, 0.15) is 17.2 Å². The molecule has 2 unspecified atom stereocenters. The summed E-state index contributed by atoms with van der Waals surface area (Å²) in [6.45, 7) is 6.57. The van der Waals surface area contributed by atoms with Crippen molar-refractivity contribution < 1.29 is 19.4 Å². The number of carbonyl (C=O) groups is 2. The summed E-state index contributed by atoms with van der Waals surface area (Å²) in [6, 6.07) is 3.07. The normalized spacial score (nSPS) is 24.8. The van der Waals surface area contributed by atoms with Crippen LogP contribution in [0, 0.1) is 5.92 Å². The molecule has 7 heteroatoms. The average molecular weight is 421 g/mol. The van der Waals surface area contributed by atoms with Gasteiger partial charge in [-0.1, -0.05) is 40.0 Å². The van der Waals surface area contributed by atoms with E-state index in [9.17, 15) is 14.7 Å². The number of nitrogens with zero attached hydrogens (tertiary/aromatic N) is 2. The van der Waals surface area contributed by atoms with Gasteiger partial charge in [-0.2, -0.15) is 0 Å². The number of benzene rings is 1. The van der Waals surface area contributed by atoms with Gasteiger partial charge in [-0.3, -0.25) is 19.5 Å². The van der Waals surface area contributed by atoms with Gasteiger partial charge in [0.15, 0.2) is 5.38 Å². The molecule has 2 aliphatic rings. The summed E-state index contributed by atoms with van der Waals surface area (Å²) in [4.78, 5) is 31.9. The number of phenols is 1. The molecule has 0 aromatic heterocycles. The SMILES string of the molecule is CCCCCCc1c(O)ccc2c1OC1(C2=O)C(=NCC(C)C)C(Cl)C(=O)N1C. The fraction of sp³-hybridized carbons (Fsp3) is 0.591. The minimum atomic E-state index is -1.66. The van der Waals surface area contributed by atoms with Crippen molar-refractivity contribution in [3.8, 4) is 11.5 Å². The van der Waals surface area contributed by atoms with Gasteiger partial charge in [-0.15, -0.1) is 11.6 Å². The molecule has 1 aromatic rings. The van der Waals surface area contributed by atoms with E-state index in [0.29, 0.717) is 29.8 Å². The summed E-state index contributed by atoms with van der Waals surface area (Å²) in [5.41, 5.74) is -0.466. The van der Waals surface area contributed by atoms with Crippen molar-refractivity contribution in [3.63, 3.8) is 0 Å². The third-order valence-electron chi connectivity index (χ3n) is 5.55. The molecule has 3 rings (SSSR count). The summed E-state index contributed by atoms with van der Waals surface area (Å²) in [6.07, 6.45) is 4.72. The van der Waals surface area contributed by atoms with Crippen LogP contribution in [0.15, 0.2) is 17.1 Å². The van der Waals surface area contributed by atoms with Gasteiger partial charge in [0.25, 0.3) is 5.72 Å². The monoisotopic (exact) mass is 420 g/mol. The summed E-state index contributed by atoms with van der Waals surface area (Å²) < 4.78 is 6.22. The average Bonchev–Trinajstić information content (AvgIpc) is 3.07. The van der Waals surface area contributed by atoms with Gasteiger partial charge in [-0.25, -0.2) is 0 Å². The number of hydrogen-bond acceptors (Lipinski definition) is 5. The molecule has 1 fully saturated rings. The molecule has 0 radical (unpaired) electrons. The summed E-state index contributed by atoms with van der Waals surface area (Å²) in [5.74, 6) is -0.0938. The highest BCUT2D eigenvalue weighted by atomic mass is 35.5. The number of Topliss-reactive ketones (excluding diaryl/α,β-unsaturated/α-hetero) is 1. The van der Waals surface area contributed by atoms with Gasteiger partial charge in [-0.05, 0) is 30.9 Å². The van der Waals surface area contributed by atoms with E-state index in [4.69, 9.17) is 16.3 Å². The number of rotatable bonds is 7. The van der Waals surface area contributed by atoms with Crippen LogP contribution in [-0.4, -0.2) is 52.1 Å². The molecular formula is C22H29ClN2O4. The lowest BCUT2D eigenvalue weighted by Crippen LogP contribution is -2.56. The molecular weight excluding hydrogens is 392 g/mol. The van der Waals surface area contributed by atoms with Crippen molar-refractivity contribution >= 4 is 29.0 Å². The number of likely N-dealkylation sites (tertiary alicyclic amines) is 1. The van der Waals surface area contributed by atoms with Crippen LogP contribution in [-0.2, 0) is 11.2 Å². The van der Waals surface area contributed by atoms with Gasteiger partial charge in [0.05, 0.1) is 5.56 Å². The first-order valence-corrected chi connectivity index (χ1v) is 10.7. The van der Waals surface area contributed by atoms with Crippen molar-refractivity contribution in [1.29, 1.82) is 0 Å². The molecule has 1 spiro atoms. The van der Waals surface area contributed by atoms with E-state index in [2.05, 4.69) is 11.9 Å². The topological polar surface area (TPSA) is 79.2 Å². The highest BCUT2D eigenvalue weighted by Crippen LogP contribution is 2.47. The Kier molecular flexibility index (Phi) is 6.22. The van der Waals surface area contributed by atoms with Crippen molar-refractivity contribution in [2.45, 2.75) is 64.0 Å². The standard InChI is InChI=1S/C22H29ClN2O4/c1-5-6-7-8-9-14-16(26)11-10-15-18(14)29-22(20(15)27)19(24-12-13(2)3)17(23)21(28)25(22)4/h10-11,13,17,26H,5-9,12H2,1-4H3. The van der Waals surface area contributed by atoms with Crippen LogP contribution in [0.4, 0.5) is 0 Å². The van der Waals surface area contributed by atoms with E-state index in [1.807, 2.05) is 13.8 Å². The van der Waals surface area contributed by atoms with Crippen LogP contribution in [0.25, 0.3) is 0 Å². The Hall–Kier alpha value is -2.08. The quantitative estimate of drug-likeness (QED) is 0.534. The van der Waals surface area contributed by atoms with E-state index < -0.39 is 17.0 Å². The van der Waals surface area contributed by atoms with Crippen LogP contribution >= 0.6 is 11.6 Å². The second-order valence-electron chi connectivity index (χ2n) is 8.21. The number of aromatic hydroxyl groups is 1. The molecule has 1 N–H and O–H groups in total. The largest absolute Gasteiger partial charge is 0.508 e. The molecule has 29 heavy (non-hydrogen) atoms. The summed E-state index contributed by atoms with van der Waals surface area (Å²) >= 11 is 6.37. The molecule has 0 saturated carbocycles. The summed E-state index contributed by atoms with van der Waals surface area (Å²) in [7, 11) is 1.51. The number of amides is 1. The molecule has 1 amide bonds. The lowest BCUT2D eigenvalue weighted by atomic mass is 9.96. The van der Waals surface area contributed by atoms with E-state index in [1.165, 1.54) is 18.0 Å². The fourth-order valence-electron chi connectivity index (χ4n) is 3.90. The Morgan fingerprint density at radius 1 is 1.28 bits per heavy atom. The minimum absolute atomic E-state index is 0.0974. The third-order valence-corrected chi connectivity index (χ3v) is 5.95. The number of hydrogen-bond donors (Lipinski definition) is 1. The second-order valence-corrected chi connectivity index (χ2v) is 8.64. The molecule has 2 aliphatic heterocycles. The van der Waals surface area contributed by atoms with Crippen LogP contribution in [0.1, 0.15) is 62.4 Å². The lowest BCUT2D eigenvalue weighted by molar-refractivity contribution is -0.132. The predicted molar refractivity (Wildman–Crippen MR) is 113 cm³/mol. The fourth-order valence-corrected chi connectivity index (χ4v) is 4.27. The van der Waals surface area contributed by atoms with Crippen molar-refractivity contribution in [2.24, 2.45) is 10.9 Å². The lowest BCUT2D eigenvalue weighted by Gasteiger charge is -2.29. The second kappa shape index (κ2) is 8.34. The Morgan fingerprint density at radius 2 is 2.00 bits per heavy atom. The zero-order valence-corrected chi connectivity index (χ0v) is 18.3. The number of aliphatic imine (C=N–C) groups is 1. The Labute approximate surface area is 176 Å². The first-order valence-electron chi connectivity index (χ1n) is 10.3. The van der Waals surface area contributed by atoms with Crippen molar-refractivity contribution in [3.05, 3.63) is 23.3 Å². The Morgan fingerprint density at radius 3 is 2.66 bits per heavy atom. The molecule has 0 bridgehead atoms. The molecule has 2 atom stereocenters. The zero-order chi connectivity index (χ0) is 21.3. The number of ether oxygens (including phenoxy) is 1. The van der Waals surface area contributed by atoms with Gasteiger partial charge >= 0.3 is 0 Å². The molecule has 1 aromatic carbocycles. The summed E-state index contributed by atoms with van der Waals surface area (Å²) in [5, 5.41) is 9.39. The number of alkyl halides is 1. The van der Waals surface area contributed by atoms with Crippen LogP contribution in [0.2, 0.25) is 0 Å². The Bertz CT molecular complexity index is 851. The van der Waals surface area contributed by atoms with Crippen LogP contribution < -0.4 is 4.74 Å². The van der Waals surface area contributed by atoms with Gasteiger partial charge in [0.2, 0.25) is 11.7 Å². The molecule has 2 heterocycles. The van der Waals surface area contributed by atoms with E-state index in [-0.39, 0.29) is 23.2 Å². The van der Waals surface area contributed by atoms with E-state index >= 15 is 0 Å². The van der Waals surface area contributed by atoms with Crippen LogP contribution in [0.3, 0.4) is 0 Å². The highest BCUT2D eigenvalue weighted by molar-refractivity contribution is 6.50. The maximum Gasteiger partial charge on any atom is 0.290 e. The maximum absolute atomic E-state index is 13.5. The van der Waals surface area contributed by atoms with Gasteiger partial charge < -0.3 is 9.84 Å². The van der Waals surface area contributed by atoms with Crippen molar-refractivity contribution in [2.75, 3.05) is 13.6 Å². The molecule has 158 valence electrons. The number of halogens is 1. The zero-order valence-electron chi connectivity index (χ0n) is 17.5. The predicted octanol–water partition coefficient (Wildman–Crippen LogP) is 3.96. The highest BCUT2D eigenvalue weighted by Gasteiger charge is 2.65. The maximum atomic E-state index is 13.5. The van der Waals surface area contributed by atoms with Crippen LogP contribution in [0.5, 0.6) is 11.5 Å². The number of unbranched alkanes of at least 4 members (excludes halogenated alkanes) is 3. The number of carbonyl (C=O) groups excluding carboxylic acids is 2. The number of ketones is 1. The first kappa shape index (κ1) is 21.6. The Balaban J connectivity index is 2.03. The molecule has 0 aliphatic carbocycles. The minimum Gasteiger partial charge on any atom is -0.508 e. The number of phenolic OH excluding ortho intramolecular Hbond substituents is 1. The molecule has 6 nitrogen and oxygen atoms in total.